The second-order valence-electron chi connectivity index (χ2n) is 3.44. The third-order valence-corrected chi connectivity index (χ3v) is 2.46. The molecule has 1 aliphatic rings. The summed E-state index contributed by atoms with van der Waals surface area (Å²) in [5.74, 6) is 0.822. The molecule has 0 unspecified atom stereocenters. The molecule has 1 fully saturated rings. The van der Waals surface area contributed by atoms with Gasteiger partial charge in [-0.2, -0.15) is 0 Å². The van der Waals surface area contributed by atoms with E-state index in [1.54, 1.807) is 6.26 Å². The van der Waals surface area contributed by atoms with E-state index >= 15 is 0 Å². The normalized spacial score (nSPS) is 23.1. The van der Waals surface area contributed by atoms with Gasteiger partial charge in [0.15, 0.2) is 0 Å². The molecule has 0 radical (unpaired) electrons. The maximum atomic E-state index is 8.81. The van der Waals surface area contributed by atoms with Gasteiger partial charge in [-0.15, -0.1) is 0 Å². The first-order chi connectivity index (χ1) is 6.90. The summed E-state index contributed by atoms with van der Waals surface area (Å²) in [6.07, 6.45) is 7.70. The van der Waals surface area contributed by atoms with Crippen molar-refractivity contribution < 1.29 is 9.62 Å². The fourth-order valence-corrected chi connectivity index (χ4v) is 1.73. The van der Waals surface area contributed by atoms with Crippen LogP contribution < -0.4 is 0 Å². The molecule has 0 atom stereocenters. The van der Waals surface area contributed by atoms with Gasteiger partial charge in [-0.25, -0.2) is 0 Å². The summed E-state index contributed by atoms with van der Waals surface area (Å²) in [4.78, 5) is 0. The van der Waals surface area contributed by atoms with Crippen LogP contribution in [0.5, 0.6) is 0 Å². The van der Waals surface area contributed by atoms with Crippen LogP contribution in [0.1, 0.15) is 31.4 Å². The highest BCUT2D eigenvalue weighted by molar-refractivity contribution is 6.03. The van der Waals surface area contributed by atoms with Crippen LogP contribution in [0.2, 0.25) is 0 Å². The zero-order valence-electron chi connectivity index (χ0n) is 7.94. The van der Waals surface area contributed by atoms with Gasteiger partial charge in [0.2, 0.25) is 0 Å². The van der Waals surface area contributed by atoms with Gasteiger partial charge in [0, 0.05) is 0 Å². The topological polar surface area (TPSA) is 45.7 Å². The van der Waals surface area contributed by atoms with Crippen LogP contribution in [0.15, 0.2) is 33.5 Å². The van der Waals surface area contributed by atoms with E-state index in [4.69, 9.17) is 9.62 Å². The predicted octanol–water partition coefficient (Wildman–Crippen LogP) is 3.07. The SMILES string of the molecule is O/N=C1\CCCC\C1=C\c1ccco1. The van der Waals surface area contributed by atoms with Crippen molar-refractivity contribution in [1.29, 1.82) is 0 Å². The highest BCUT2D eigenvalue weighted by Gasteiger charge is 2.13. The minimum atomic E-state index is 0.799. The molecular formula is C11H13NO2. The third-order valence-electron chi connectivity index (χ3n) is 2.46. The van der Waals surface area contributed by atoms with Crippen LogP contribution in [0.3, 0.4) is 0 Å². The van der Waals surface area contributed by atoms with E-state index in [1.165, 1.54) is 0 Å². The monoisotopic (exact) mass is 191 g/mol. The number of nitrogens with zero attached hydrogens (tertiary/aromatic N) is 1. The number of rotatable bonds is 1. The van der Waals surface area contributed by atoms with Crippen LogP contribution >= 0.6 is 0 Å². The Hall–Kier alpha value is -1.51. The highest BCUT2D eigenvalue weighted by Crippen LogP contribution is 2.23. The summed E-state index contributed by atoms with van der Waals surface area (Å²) in [7, 11) is 0. The summed E-state index contributed by atoms with van der Waals surface area (Å²) in [5.41, 5.74) is 1.89. The average Bonchev–Trinajstić information content (AvgIpc) is 2.71. The summed E-state index contributed by atoms with van der Waals surface area (Å²) in [6.45, 7) is 0. The first-order valence-electron chi connectivity index (χ1n) is 4.85. The van der Waals surface area contributed by atoms with Crippen molar-refractivity contribution in [3.63, 3.8) is 0 Å². The van der Waals surface area contributed by atoms with Crippen molar-refractivity contribution >= 4 is 11.8 Å². The van der Waals surface area contributed by atoms with Crippen LogP contribution in [0.25, 0.3) is 6.08 Å². The van der Waals surface area contributed by atoms with Gasteiger partial charge in [0.05, 0.1) is 12.0 Å². The van der Waals surface area contributed by atoms with E-state index in [0.717, 1.165) is 42.7 Å². The molecule has 3 heteroatoms. The minimum Gasteiger partial charge on any atom is -0.465 e. The van der Waals surface area contributed by atoms with Gasteiger partial charge in [-0.1, -0.05) is 5.16 Å². The zero-order chi connectivity index (χ0) is 9.80. The lowest BCUT2D eigenvalue weighted by Gasteiger charge is -2.14. The van der Waals surface area contributed by atoms with Crippen LogP contribution in [0.4, 0.5) is 0 Å². The predicted molar refractivity (Wildman–Crippen MR) is 54.4 cm³/mol. The molecule has 1 aromatic rings. The van der Waals surface area contributed by atoms with Gasteiger partial charge in [0.1, 0.15) is 5.76 Å². The molecule has 1 aliphatic carbocycles. The minimum absolute atomic E-state index is 0.799. The van der Waals surface area contributed by atoms with E-state index in [2.05, 4.69) is 5.16 Å². The fourth-order valence-electron chi connectivity index (χ4n) is 1.73. The summed E-state index contributed by atoms with van der Waals surface area (Å²) >= 11 is 0. The number of hydrogen-bond donors (Lipinski definition) is 1. The number of hydrogen-bond acceptors (Lipinski definition) is 3. The molecule has 3 nitrogen and oxygen atoms in total. The van der Waals surface area contributed by atoms with E-state index in [0.29, 0.717) is 0 Å². The molecule has 14 heavy (non-hydrogen) atoms. The molecular weight excluding hydrogens is 178 g/mol. The van der Waals surface area contributed by atoms with E-state index in [9.17, 15) is 0 Å². The lowest BCUT2D eigenvalue weighted by molar-refractivity contribution is 0.316. The van der Waals surface area contributed by atoms with Gasteiger partial charge in [-0.05, 0) is 49.5 Å². The van der Waals surface area contributed by atoms with E-state index in [1.807, 2.05) is 18.2 Å². The Kier molecular flexibility index (Phi) is 2.68. The Balaban J connectivity index is 2.23. The standard InChI is InChI=1S/C11H13NO2/c13-12-11-6-2-1-4-9(11)8-10-5-3-7-14-10/h3,5,7-8,13H,1-2,4,6H2/b9-8-,12-11+. The van der Waals surface area contributed by atoms with Crippen LogP contribution in [-0.4, -0.2) is 10.9 Å². The number of oxime groups is 1. The molecule has 0 aliphatic heterocycles. The lowest BCUT2D eigenvalue weighted by atomic mass is 9.92. The molecule has 1 N–H and O–H groups in total. The summed E-state index contributed by atoms with van der Waals surface area (Å²) < 4.78 is 5.22. The van der Waals surface area contributed by atoms with Crippen LogP contribution in [-0.2, 0) is 0 Å². The van der Waals surface area contributed by atoms with Gasteiger partial charge in [-0.3, -0.25) is 0 Å². The zero-order valence-corrected chi connectivity index (χ0v) is 7.94. The summed E-state index contributed by atoms with van der Waals surface area (Å²) in [5, 5.41) is 12.1. The molecule has 2 rings (SSSR count). The molecule has 0 spiro atoms. The van der Waals surface area contributed by atoms with Crippen molar-refractivity contribution in [3.8, 4) is 0 Å². The summed E-state index contributed by atoms with van der Waals surface area (Å²) in [6, 6.07) is 3.75. The Morgan fingerprint density at radius 2 is 2.21 bits per heavy atom. The Bertz CT molecular complexity index is 349. The first kappa shape index (κ1) is 9.06. The lowest BCUT2D eigenvalue weighted by Crippen LogP contribution is -2.08. The second kappa shape index (κ2) is 4.13. The van der Waals surface area contributed by atoms with Crippen molar-refractivity contribution in [2.45, 2.75) is 25.7 Å². The van der Waals surface area contributed by atoms with Crippen molar-refractivity contribution in [3.05, 3.63) is 29.7 Å². The van der Waals surface area contributed by atoms with Crippen molar-refractivity contribution in [2.24, 2.45) is 5.16 Å². The molecule has 0 amide bonds. The van der Waals surface area contributed by atoms with Crippen LogP contribution in [0, 0.1) is 0 Å². The molecule has 0 saturated heterocycles. The molecule has 1 heterocycles. The number of allylic oxidation sites excluding steroid dienone is 1. The molecule has 74 valence electrons. The average molecular weight is 191 g/mol. The smallest absolute Gasteiger partial charge is 0.126 e. The molecule has 0 aromatic carbocycles. The van der Waals surface area contributed by atoms with E-state index in [-0.39, 0.29) is 0 Å². The number of furan rings is 1. The van der Waals surface area contributed by atoms with Crippen molar-refractivity contribution in [1.82, 2.24) is 0 Å². The molecule has 0 bridgehead atoms. The van der Waals surface area contributed by atoms with Gasteiger partial charge >= 0.3 is 0 Å². The fraction of sp³-hybridized carbons (Fsp3) is 0.364. The Morgan fingerprint density at radius 3 is 2.93 bits per heavy atom. The van der Waals surface area contributed by atoms with Gasteiger partial charge in [0.25, 0.3) is 0 Å². The van der Waals surface area contributed by atoms with Gasteiger partial charge < -0.3 is 9.62 Å². The Morgan fingerprint density at radius 1 is 1.36 bits per heavy atom. The maximum absolute atomic E-state index is 8.81. The second-order valence-corrected chi connectivity index (χ2v) is 3.44. The molecule has 1 aromatic heterocycles. The molecule has 1 saturated carbocycles. The largest absolute Gasteiger partial charge is 0.465 e. The Labute approximate surface area is 82.7 Å². The maximum Gasteiger partial charge on any atom is 0.126 e. The third kappa shape index (κ3) is 1.87. The van der Waals surface area contributed by atoms with E-state index < -0.39 is 0 Å². The van der Waals surface area contributed by atoms with Crippen molar-refractivity contribution in [2.75, 3.05) is 0 Å². The highest BCUT2D eigenvalue weighted by atomic mass is 16.4. The quantitative estimate of drug-likeness (QED) is 0.547. The first-order valence-corrected chi connectivity index (χ1v) is 4.85.